The molecule has 1 amide bonds. The molecular weight excluding hydrogens is 449 g/mol. The molecule has 2 aromatic carbocycles. The molecule has 33 heavy (non-hydrogen) atoms. The molecule has 1 fully saturated rings. The summed E-state index contributed by atoms with van der Waals surface area (Å²) >= 11 is 0. The molecule has 0 N–H and O–H groups in total. The summed E-state index contributed by atoms with van der Waals surface area (Å²) in [6.07, 6.45) is 3.17. The van der Waals surface area contributed by atoms with Crippen LogP contribution in [0.1, 0.15) is 31.2 Å². The number of sulfonamides is 1. The summed E-state index contributed by atoms with van der Waals surface area (Å²) in [5.41, 5.74) is 2.11. The van der Waals surface area contributed by atoms with Crippen molar-refractivity contribution in [1.29, 1.82) is 0 Å². The smallest absolute Gasteiger partial charge is 0.408 e. The minimum absolute atomic E-state index is 0.0547. The molecule has 10 heteroatoms. The second-order valence-corrected chi connectivity index (χ2v) is 10.4. The van der Waals surface area contributed by atoms with E-state index in [4.69, 9.17) is 4.42 Å². The first-order chi connectivity index (χ1) is 15.8. The fraction of sp³-hybridized carbons (Fsp3) is 0.391. The van der Waals surface area contributed by atoms with Crippen molar-refractivity contribution in [2.45, 2.75) is 43.5 Å². The van der Waals surface area contributed by atoms with E-state index in [0.717, 1.165) is 24.8 Å². The summed E-state index contributed by atoms with van der Waals surface area (Å²) in [5, 5.41) is 0. The van der Waals surface area contributed by atoms with E-state index in [1.807, 2.05) is 0 Å². The van der Waals surface area contributed by atoms with E-state index in [9.17, 15) is 22.4 Å². The van der Waals surface area contributed by atoms with Gasteiger partial charge in [-0.1, -0.05) is 0 Å². The number of benzene rings is 2. The molecular formula is C23H24FN3O5S. The highest BCUT2D eigenvalue weighted by atomic mass is 32.2. The Labute approximate surface area is 190 Å². The molecule has 8 nitrogen and oxygen atoms in total. The summed E-state index contributed by atoms with van der Waals surface area (Å²) in [6.45, 7) is 1.60. The Balaban J connectivity index is 1.36. The topological polar surface area (TPSA) is 92.8 Å². The number of carbonyl (C=O) groups is 1. The van der Waals surface area contributed by atoms with Crippen LogP contribution >= 0.6 is 0 Å². The predicted molar refractivity (Wildman–Crippen MR) is 120 cm³/mol. The molecule has 0 atom stereocenters. The number of aryl methyl sites for hydroxylation is 2. The SMILES string of the molecule is O=C(CCn1c(=O)oc2cc(S(=O)(=O)N3CCCC3)ccc21)N1CCCc2cc(F)ccc21. The maximum atomic E-state index is 13.5. The van der Waals surface area contributed by atoms with Crippen molar-refractivity contribution in [1.82, 2.24) is 8.87 Å². The van der Waals surface area contributed by atoms with Gasteiger partial charge in [-0.3, -0.25) is 9.36 Å². The van der Waals surface area contributed by atoms with Gasteiger partial charge in [-0.2, -0.15) is 4.31 Å². The lowest BCUT2D eigenvalue weighted by Crippen LogP contribution is -2.36. The van der Waals surface area contributed by atoms with Crippen LogP contribution in [0.15, 0.2) is 50.5 Å². The van der Waals surface area contributed by atoms with Crippen LogP contribution in [0, 0.1) is 5.82 Å². The van der Waals surface area contributed by atoms with Crippen LogP contribution in [0.4, 0.5) is 10.1 Å². The van der Waals surface area contributed by atoms with E-state index in [1.54, 1.807) is 17.0 Å². The maximum absolute atomic E-state index is 13.5. The summed E-state index contributed by atoms with van der Waals surface area (Å²) in [4.78, 5) is 27.1. The lowest BCUT2D eigenvalue weighted by molar-refractivity contribution is -0.118. The summed E-state index contributed by atoms with van der Waals surface area (Å²) in [5.74, 6) is -1.14. The molecule has 1 aromatic heterocycles. The summed E-state index contributed by atoms with van der Waals surface area (Å²) in [7, 11) is -3.63. The van der Waals surface area contributed by atoms with Gasteiger partial charge in [0.1, 0.15) is 5.82 Å². The van der Waals surface area contributed by atoms with Crippen molar-refractivity contribution in [3.05, 3.63) is 58.3 Å². The molecule has 3 aromatic rings. The fourth-order valence-electron chi connectivity index (χ4n) is 4.66. The van der Waals surface area contributed by atoms with Crippen molar-refractivity contribution in [2.75, 3.05) is 24.5 Å². The molecule has 1 saturated heterocycles. The number of halogens is 1. The van der Waals surface area contributed by atoms with Gasteiger partial charge in [-0.15, -0.1) is 0 Å². The van der Waals surface area contributed by atoms with Gasteiger partial charge >= 0.3 is 5.76 Å². The highest BCUT2D eigenvalue weighted by Crippen LogP contribution is 2.29. The number of aromatic nitrogens is 1. The maximum Gasteiger partial charge on any atom is 0.419 e. The van der Waals surface area contributed by atoms with Crippen molar-refractivity contribution in [3.8, 4) is 0 Å². The average Bonchev–Trinajstić information content (AvgIpc) is 3.44. The van der Waals surface area contributed by atoms with Gasteiger partial charge in [0.25, 0.3) is 0 Å². The van der Waals surface area contributed by atoms with Gasteiger partial charge in [-0.05, 0) is 61.6 Å². The number of fused-ring (bicyclic) bond motifs is 2. The molecule has 0 saturated carbocycles. The van der Waals surface area contributed by atoms with Crippen LogP contribution in [0.25, 0.3) is 11.1 Å². The molecule has 0 spiro atoms. The molecule has 0 radical (unpaired) electrons. The first kappa shape index (κ1) is 21.8. The Morgan fingerprint density at radius 2 is 1.82 bits per heavy atom. The molecule has 3 heterocycles. The van der Waals surface area contributed by atoms with Crippen molar-refractivity contribution in [2.24, 2.45) is 0 Å². The van der Waals surface area contributed by atoms with E-state index in [2.05, 4.69) is 0 Å². The number of nitrogens with zero attached hydrogens (tertiary/aromatic N) is 3. The lowest BCUT2D eigenvalue weighted by atomic mass is 10.0. The van der Waals surface area contributed by atoms with Crippen LogP contribution in [0.3, 0.4) is 0 Å². The molecule has 0 bridgehead atoms. The van der Waals surface area contributed by atoms with Gasteiger partial charge in [0.2, 0.25) is 15.9 Å². The monoisotopic (exact) mass is 473 g/mol. The Morgan fingerprint density at radius 1 is 1.03 bits per heavy atom. The first-order valence-corrected chi connectivity index (χ1v) is 12.5. The number of hydrogen-bond acceptors (Lipinski definition) is 5. The standard InChI is InChI=1S/C23H24FN3O5S/c24-17-5-7-19-16(14-17)4-3-12-26(19)22(28)9-13-27-20-8-6-18(15-21(20)32-23(27)29)33(30,31)25-10-1-2-11-25/h5-8,14-15H,1-4,9-13H2. The Morgan fingerprint density at radius 3 is 2.61 bits per heavy atom. The van der Waals surface area contributed by atoms with Crippen LogP contribution < -0.4 is 10.7 Å². The predicted octanol–water partition coefficient (Wildman–Crippen LogP) is 2.89. The Kier molecular flexibility index (Phi) is 5.57. The largest absolute Gasteiger partial charge is 0.419 e. The number of anilines is 1. The van der Waals surface area contributed by atoms with Gasteiger partial charge in [-0.25, -0.2) is 17.6 Å². The van der Waals surface area contributed by atoms with E-state index in [1.165, 1.54) is 33.1 Å². The number of carbonyl (C=O) groups excluding carboxylic acids is 1. The minimum atomic E-state index is -3.63. The Hall–Kier alpha value is -2.98. The molecule has 2 aliphatic rings. The van der Waals surface area contributed by atoms with Crippen LogP contribution in [-0.4, -0.2) is 42.8 Å². The van der Waals surface area contributed by atoms with E-state index >= 15 is 0 Å². The number of amides is 1. The quantitative estimate of drug-likeness (QED) is 0.568. The highest BCUT2D eigenvalue weighted by molar-refractivity contribution is 7.89. The summed E-state index contributed by atoms with van der Waals surface area (Å²) < 4.78 is 47.2. The molecule has 174 valence electrons. The zero-order valence-electron chi connectivity index (χ0n) is 18.0. The van der Waals surface area contributed by atoms with Crippen molar-refractivity contribution >= 4 is 32.7 Å². The van der Waals surface area contributed by atoms with E-state index in [0.29, 0.717) is 37.3 Å². The normalized spacial score (nSPS) is 16.9. The van der Waals surface area contributed by atoms with Crippen molar-refractivity contribution < 1.29 is 22.0 Å². The molecule has 0 aliphatic carbocycles. The Bertz CT molecular complexity index is 1390. The highest BCUT2D eigenvalue weighted by Gasteiger charge is 2.28. The van der Waals surface area contributed by atoms with Gasteiger partial charge in [0.05, 0.1) is 10.4 Å². The number of hydrogen-bond donors (Lipinski definition) is 0. The van der Waals surface area contributed by atoms with Gasteiger partial charge in [0, 0.05) is 44.4 Å². The molecule has 5 rings (SSSR count). The zero-order valence-corrected chi connectivity index (χ0v) is 18.8. The van der Waals surface area contributed by atoms with E-state index < -0.39 is 15.8 Å². The van der Waals surface area contributed by atoms with Crippen molar-refractivity contribution in [3.63, 3.8) is 0 Å². The van der Waals surface area contributed by atoms with Crippen LogP contribution in [0.2, 0.25) is 0 Å². The molecule has 0 unspecified atom stereocenters. The summed E-state index contributed by atoms with van der Waals surface area (Å²) in [6, 6.07) is 8.80. The fourth-order valence-corrected chi connectivity index (χ4v) is 6.20. The zero-order chi connectivity index (χ0) is 23.2. The third kappa shape index (κ3) is 3.97. The van der Waals surface area contributed by atoms with Crippen LogP contribution in [0.5, 0.6) is 0 Å². The first-order valence-electron chi connectivity index (χ1n) is 11.1. The molecule has 2 aliphatic heterocycles. The number of oxazole rings is 1. The minimum Gasteiger partial charge on any atom is -0.408 e. The van der Waals surface area contributed by atoms with Gasteiger partial charge < -0.3 is 9.32 Å². The number of rotatable bonds is 5. The van der Waals surface area contributed by atoms with E-state index in [-0.39, 0.29) is 35.2 Å². The lowest BCUT2D eigenvalue weighted by Gasteiger charge is -2.29. The second kappa shape index (κ2) is 8.42. The third-order valence-electron chi connectivity index (χ3n) is 6.35. The third-order valence-corrected chi connectivity index (χ3v) is 8.25. The van der Waals surface area contributed by atoms with Crippen LogP contribution in [-0.2, 0) is 27.8 Å². The second-order valence-electron chi connectivity index (χ2n) is 8.43. The van der Waals surface area contributed by atoms with Gasteiger partial charge in [0.15, 0.2) is 5.58 Å². The average molecular weight is 474 g/mol.